The predicted octanol–water partition coefficient (Wildman–Crippen LogP) is 5.22. The van der Waals surface area contributed by atoms with Crippen molar-refractivity contribution in [1.82, 2.24) is 9.96 Å². The lowest BCUT2D eigenvalue weighted by atomic mass is 9.94. The van der Waals surface area contributed by atoms with Crippen LogP contribution in [0.2, 0.25) is 0 Å². The average molecular weight is 469 g/mol. The number of para-hydroxylation sites is 1. The Balaban J connectivity index is 1.84. The maximum absolute atomic E-state index is 13.7. The van der Waals surface area contributed by atoms with Gasteiger partial charge < -0.3 is 25.0 Å². The highest BCUT2D eigenvalue weighted by Gasteiger charge is 2.30. The number of carbonyl (C=O) groups is 2. The zero-order valence-electron chi connectivity index (χ0n) is 20.4. The van der Waals surface area contributed by atoms with Gasteiger partial charge in [-0.15, -0.1) is 0 Å². The first-order chi connectivity index (χ1) is 16.2. The molecule has 3 rings (SSSR count). The van der Waals surface area contributed by atoms with E-state index in [1.807, 2.05) is 24.3 Å². The van der Waals surface area contributed by atoms with Crippen molar-refractivity contribution in [2.24, 2.45) is 5.92 Å². The molecule has 7 nitrogen and oxygen atoms in total. The molecular formula is C27H36N2O5. The quantitative estimate of drug-likeness (QED) is 0.368. The van der Waals surface area contributed by atoms with Crippen LogP contribution in [0.1, 0.15) is 74.0 Å². The molecule has 2 N–H and O–H groups in total. The molecule has 7 heteroatoms. The molecule has 0 bridgehead atoms. The minimum atomic E-state index is -1.07. The number of amides is 1. The SMILES string of the molecule is CCOc1cc(CC(=O)NC(CC(C)C)c2ccccc2[N+]2([O-])CCCCC2)ccc1C(=O)O. The van der Waals surface area contributed by atoms with E-state index in [9.17, 15) is 19.9 Å². The van der Waals surface area contributed by atoms with E-state index < -0.39 is 5.97 Å². The van der Waals surface area contributed by atoms with Crippen LogP contribution in [0.5, 0.6) is 5.75 Å². The highest BCUT2D eigenvalue weighted by atomic mass is 16.5. The second-order valence-electron chi connectivity index (χ2n) is 9.45. The van der Waals surface area contributed by atoms with Crippen molar-refractivity contribution in [3.05, 3.63) is 64.4 Å². The first kappa shape index (κ1) is 25.7. The van der Waals surface area contributed by atoms with E-state index in [-0.39, 0.29) is 34.3 Å². The average Bonchev–Trinajstić information content (AvgIpc) is 2.79. The number of carboxylic acids is 1. The largest absolute Gasteiger partial charge is 0.627 e. The summed E-state index contributed by atoms with van der Waals surface area (Å²) >= 11 is 0. The lowest BCUT2D eigenvalue weighted by Gasteiger charge is -2.46. The number of hydrogen-bond donors (Lipinski definition) is 2. The second kappa shape index (κ2) is 11.5. The molecule has 0 saturated carbocycles. The van der Waals surface area contributed by atoms with Gasteiger partial charge in [0.25, 0.3) is 0 Å². The van der Waals surface area contributed by atoms with Gasteiger partial charge in [-0.2, -0.15) is 0 Å². The van der Waals surface area contributed by atoms with Crippen LogP contribution in [-0.2, 0) is 11.2 Å². The van der Waals surface area contributed by atoms with E-state index >= 15 is 0 Å². The van der Waals surface area contributed by atoms with Crippen molar-refractivity contribution in [3.8, 4) is 5.75 Å². The summed E-state index contributed by atoms with van der Waals surface area (Å²) in [5.41, 5.74) is 2.38. The monoisotopic (exact) mass is 468 g/mol. The third-order valence-corrected chi connectivity index (χ3v) is 6.27. The van der Waals surface area contributed by atoms with Crippen molar-refractivity contribution < 1.29 is 19.4 Å². The molecule has 1 heterocycles. The Labute approximate surface area is 201 Å². The number of carbonyl (C=O) groups excluding carboxylic acids is 1. The van der Waals surface area contributed by atoms with Gasteiger partial charge in [0.2, 0.25) is 5.91 Å². The number of nitrogens with zero attached hydrogens (tertiary/aromatic N) is 1. The van der Waals surface area contributed by atoms with Gasteiger partial charge >= 0.3 is 5.97 Å². The summed E-state index contributed by atoms with van der Waals surface area (Å²) in [7, 11) is 0. The van der Waals surface area contributed by atoms with E-state index in [4.69, 9.17) is 4.74 Å². The number of piperidine rings is 1. The number of nitrogens with one attached hydrogen (secondary N) is 1. The summed E-state index contributed by atoms with van der Waals surface area (Å²) in [4.78, 5) is 24.5. The normalized spacial score (nSPS) is 16.1. The molecule has 0 aromatic heterocycles. The lowest BCUT2D eigenvalue weighted by Crippen LogP contribution is -2.48. The van der Waals surface area contributed by atoms with Crippen molar-refractivity contribution >= 4 is 17.6 Å². The van der Waals surface area contributed by atoms with Gasteiger partial charge in [-0.25, -0.2) is 4.79 Å². The second-order valence-corrected chi connectivity index (χ2v) is 9.45. The van der Waals surface area contributed by atoms with Gasteiger partial charge in [0.05, 0.1) is 32.2 Å². The Morgan fingerprint density at radius 1 is 1.12 bits per heavy atom. The summed E-state index contributed by atoms with van der Waals surface area (Å²) in [6.07, 6.45) is 3.71. The van der Waals surface area contributed by atoms with E-state index in [0.29, 0.717) is 37.6 Å². The number of hydroxylamine groups is 2. The molecule has 0 radical (unpaired) electrons. The minimum absolute atomic E-state index is 0.0728. The maximum Gasteiger partial charge on any atom is 0.339 e. The molecule has 0 spiro atoms. The maximum atomic E-state index is 13.7. The molecule has 34 heavy (non-hydrogen) atoms. The molecule has 1 aliphatic rings. The first-order valence-electron chi connectivity index (χ1n) is 12.2. The Kier molecular flexibility index (Phi) is 8.69. The van der Waals surface area contributed by atoms with Crippen LogP contribution in [0, 0.1) is 11.1 Å². The Morgan fingerprint density at radius 3 is 2.47 bits per heavy atom. The van der Waals surface area contributed by atoms with Crippen LogP contribution in [0.4, 0.5) is 5.69 Å². The van der Waals surface area contributed by atoms with Gasteiger partial charge in [-0.05, 0) is 62.3 Å². The Bertz CT molecular complexity index is 998. The molecule has 0 aliphatic carbocycles. The number of rotatable bonds is 10. The van der Waals surface area contributed by atoms with Crippen molar-refractivity contribution in [2.75, 3.05) is 19.7 Å². The third-order valence-electron chi connectivity index (χ3n) is 6.27. The summed E-state index contributed by atoms with van der Waals surface area (Å²) in [5.74, 6) is -0.672. The fraction of sp³-hybridized carbons (Fsp3) is 0.481. The number of aromatic carboxylic acids is 1. The molecule has 2 aromatic rings. The van der Waals surface area contributed by atoms with Gasteiger partial charge in [-0.1, -0.05) is 38.1 Å². The number of ether oxygens (including phenoxy) is 1. The van der Waals surface area contributed by atoms with Crippen LogP contribution in [-0.4, -0.2) is 36.7 Å². The third kappa shape index (κ3) is 6.36. The minimum Gasteiger partial charge on any atom is -0.627 e. The molecule has 1 saturated heterocycles. The van der Waals surface area contributed by atoms with Crippen molar-refractivity contribution in [3.63, 3.8) is 0 Å². The molecule has 1 aliphatic heterocycles. The predicted molar refractivity (Wildman–Crippen MR) is 134 cm³/mol. The fourth-order valence-corrected chi connectivity index (χ4v) is 4.71. The lowest BCUT2D eigenvalue weighted by molar-refractivity contribution is -0.121. The van der Waals surface area contributed by atoms with Crippen LogP contribution < -0.4 is 14.7 Å². The van der Waals surface area contributed by atoms with Crippen molar-refractivity contribution in [1.29, 1.82) is 0 Å². The van der Waals surface area contributed by atoms with E-state index in [2.05, 4.69) is 19.2 Å². The molecule has 2 aromatic carbocycles. The van der Waals surface area contributed by atoms with Crippen LogP contribution in [0.15, 0.2) is 42.5 Å². The topological polar surface area (TPSA) is 98.7 Å². The summed E-state index contributed by atoms with van der Waals surface area (Å²) in [6, 6.07) is 12.1. The van der Waals surface area contributed by atoms with Gasteiger partial charge in [0.15, 0.2) is 0 Å². The number of quaternary nitrogens is 1. The molecule has 184 valence electrons. The number of benzene rings is 2. The summed E-state index contributed by atoms with van der Waals surface area (Å²) in [6.45, 7) is 7.45. The van der Waals surface area contributed by atoms with Crippen LogP contribution in [0.25, 0.3) is 0 Å². The molecule has 1 amide bonds. The fourth-order valence-electron chi connectivity index (χ4n) is 4.71. The highest BCUT2D eigenvalue weighted by molar-refractivity contribution is 5.91. The van der Waals surface area contributed by atoms with Gasteiger partial charge in [0.1, 0.15) is 17.0 Å². The standard InChI is InChI=1S/C27H36N2O5/c1-4-34-25-17-20(12-13-22(25)27(31)32)18-26(30)28-23(16-19(2)3)21-10-6-7-11-24(21)29(33)14-8-5-9-15-29/h6-7,10-13,17,19,23H,4-5,8-9,14-16,18H2,1-3H3,(H,28,30)(H,31,32). The van der Waals surface area contributed by atoms with Crippen molar-refractivity contribution in [2.45, 2.75) is 58.9 Å². The zero-order valence-corrected chi connectivity index (χ0v) is 20.4. The smallest absolute Gasteiger partial charge is 0.339 e. The molecule has 1 fully saturated rings. The van der Waals surface area contributed by atoms with Gasteiger partial charge in [-0.3, -0.25) is 4.79 Å². The van der Waals surface area contributed by atoms with E-state index in [1.165, 1.54) is 6.07 Å². The summed E-state index contributed by atoms with van der Waals surface area (Å²) in [5, 5.41) is 26.2. The van der Waals surface area contributed by atoms with Crippen LogP contribution in [0.3, 0.4) is 0 Å². The summed E-state index contributed by atoms with van der Waals surface area (Å²) < 4.78 is 5.13. The zero-order chi connectivity index (χ0) is 24.7. The number of carboxylic acid groups (broad SMARTS) is 1. The van der Waals surface area contributed by atoms with E-state index in [1.54, 1.807) is 19.1 Å². The Hall–Kier alpha value is -2.90. The Morgan fingerprint density at radius 2 is 1.82 bits per heavy atom. The molecular weight excluding hydrogens is 432 g/mol. The molecule has 1 atom stereocenters. The van der Waals surface area contributed by atoms with Crippen LogP contribution >= 0.6 is 0 Å². The number of hydrogen-bond acceptors (Lipinski definition) is 4. The first-order valence-corrected chi connectivity index (χ1v) is 12.2. The van der Waals surface area contributed by atoms with Gasteiger partial charge in [0, 0.05) is 5.56 Å². The molecule has 1 unspecified atom stereocenters. The highest BCUT2D eigenvalue weighted by Crippen LogP contribution is 2.36. The van der Waals surface area contributed by atoms with E-state index in [0.717, 1.165) is 30.5 Å².